The van der Waals surface area contributed by atoms with Crippen LogP contribution in [0, 0.1) is 0 Å². The van der Waals surface area contributed by atoms with Crippen molar-refractivity contribution >= 4 is 5.97 Å². The maximum Gasteiger partial charge on any atom is 0.306 e. The summed E-state index contributed by atoms with van der Waals surface area (Å²) in [6, 6.07) is 7.20. The second-order valence-electron chi connectivity index (χ2n) is 4.43. The molecule has 0 spiro atoms. The fraction of sp³-hybridized carbons (Fsp3) is 0.462. The monoisotopic (exact) mass is 238 g/mol. The maximum absolute atomic E-state index is 10.4. The summed E-state index contributed by atoms with van der Waals surface area (Å²) in [7, 11) is 0. The Labute approximate surface area is 101 Å². The van der Waals surface area contributed by atoms with Crippen LogP contribution in [0.4, 0.5) is 0 Å². The fourth-order valence-electron chi connectivity index (χ4n) is 1.61. The normalized spacial score (nSPS) is 14.6. The molecule has 0 aromatic heterocycles. The molecular formula is C13H18O4. The molecular weight excluding hydrogens is 220 g/mol. The second-order valence-corrected chi connectivity index (χ2v) is 4.43. The van der Waals surface area contributed by atoms with Gasteiger partial charge in [-0.3, -0.25) is 4.79 Å². The van der Waals surface area contributed by atoms with Crippen LogP contribution in [0.5, 0.6) is 0 Å². The number of hydrogen-bond donors (Lipinski definition) is 3. The Kier molecular flexibility index (Phi) is 4.66. The number of hydrogen-bond acceptors (Lipinski definition) is 3. The molecule has 1 aromatic rings. The number of benzene rings is 1. The molecule has 17 heavy (non-hydrogen) atoms. The summed E-state index contributed by atoms with van der Waals surface area (Å²) in [5, 5.41) is 27.9. The van der Waals surface area contributed by atoms with Gasteiger partial charge in [0.2, 0.25) is 0 Å². The molecule has 3 N–H and O–H groups in total. The number of carboxylic acids is 1. The van der Waals surface area contributed by atoms with Gasteiger partial charge in [-0.2, -0.15) is 0 Å². The number of rotatable bonds is 5. The Morgan fingerprint density at radius 2 is 1.82 bits per heavy atom. The van der Waals surface area contributed by atoms with Crippen LogP contribution >= 0.6 is 0 Å². The lowest BCUT2D eigenvalue weighted by Gasteiger charge is -2.18. The molecule has 0 saturated heterocycles. The van der Waals surface area contributed by atoms with Crippen molar-refractivity contribution in [2.75, 3.05) is 0 Å². The summed E-state index contributed by atoms with van der Waals surface area (Å²) in [5.41, 5.74) is 1.59. The molecule has 1 aromatic carbocycles. The van der Waals surface area contributed by atoms with Gasteiger partial charge in [0, 0.05) is 0 Å². The van der Waals surface area contributed by atoms with Gasteiger partial charge in [0.15, 0.2) is 0 Å². The zero-order valence-electron chi connectivity index (χ0n) is 10.00. The summed E-state index contributed by atoms with van der Waals surface area (Å²) in [6.07, 6.45) is -2.91. The first kappa shape index (κ1) is 13.7. The van der Waals surface area contributed by atoms with Crippen LogP contribution in [0.15, 0.2) is 24.3 Å². The minimum absolute atomic E-state index is 0.318. The number of aliphatic carboxylic acids is 1. The van der Waals surface area contributed by atoms with Crippen LogP contribution in [0.25, 0.3) is 0 Å². The van der Waals surface area contributed by atoms with Gasteiger partial charge in [0.1, 0.15) is 6.10 Å². The van der Waals surface area contributed by atoms with Crippen LogP contribution < -0.4 is 0 Å². The highest BCUT2D eigenvalue weighted by atomic mass is 16.4. The van der Waals surface area contributed by atoms with Gasteiger partial charge >= 0.3 is 5.97 Å². The Balaban J connectivity index is 2.84. The topological polar surface area (TPSA) is 77.8 Å². The zero-order valence-corrected chi connectivity index (χ0v) is 10.00. The Hall–Kier alpha value is -1.39. The van der Waals surface area contributed by atoms with Gasteiger partial charge in [-0.05, 0) is 17.0 Å². The molecule has 0 fully saturated rings. The van der Waals surface area contributed by atoms with Gasteiger partial charge in [-0.25, -0.2) is 0 Å². The standard InChI is InChI=1S/C13H18O4/c1-8(2)9-4-3-5-10(6-9)13(17)11(14)7-12(15)16/h3-6,8,11,13-14,17H,7H2,1-2H3,(H,15,16). The molecule has 4 heteroatoms. The molecule has 0 amide bonds. The van der Waals surface area contributed by atoms with Crippen molar-refractivity contribution in [3.63, 3.8) is 0 Å². The molecule has 2 unspecified atom stereocenters. The third-order valence-electron chi connectivity index (χ3n) is 2.67. The third-order valence-corrected chi connectivity index (χ3v) is 2.67. The Bertz CT molecular complexity index is 387. The summed E-state index contributed by atoms with van der Waals surface area (Å²) in [6.45, 7) is 4.05. The second kappa shape index (κ2) is 5.80. The highest BCUT2D eigenvalue weighted by Crippen LogP contribution is 2.23. The zero-order chi connectivity index (χ0) is 13.0. The van der Waals surface area contributed by atoms with Gasteiger partial charge in [0.05, 0.1) is 12.5 Å². The minimum atomic E-state index is -1.28. The summed E-state index contributed by atoms with van der Waals surface area (Å²) < 4.78 is 0. The largest absolute Gasteiger partial charge is 0.481 e. The average Bonchev–Trinajstić information content (AvgIpc) is 2.27. The van der Waals surface area contributed by atoms with E-state index >= 15 is 0 Å². The van der Waals surface area contributed by atoms with E-state index in [0.29, 0.717) is 11.5 Å². The molecule has 0 aliphatic carbocycles. The lowest BCUT2D eigenvalue weighted by atomic mass is 9.96. The van der Waals surface area contributed by atoms with Gasteiger partial charge in [-0.15, -0.1) is 0 Å². The van der Waals surface area contributed by atoms with Crippen molar-refractivity contribution in [1.29, 1.82) is 0 Å². The summed E-state index contributed by atoms with van der Waals surface area (Å²) >= 11 is 0. The molecule has 1 rings (SSSR count). The van der Waals surface area contributed by atoms with Crippen molar-refractivity contribution in [3.8, 4) is 0 Å². The molecule has 0 bridgehead atoms. The van der Waals surface area contributed by atoms with E-state index in [-0.39, 0.29) is 0 Å². The lowest BCUT2D eigenvalue weighted by molar-refractivity contribution is -0.141. The average molecular weight is 238 g/mol. The van der Waals surface area contributed by atoms with Crippen molar-refractivity contribution in [3.05, 3.63) is 35.4 Å². The van der Waals surface area contributed by atoms with Crippen molar-refractivity contribution < 1.29 is 20.1 Å². The highest BCUT2D eigenvalue weighted by molar-refractivity contribution is 5.67. The number of carboxylic acid groups (broad SMARTS) is 1. The van der Waals surface area contributed by atoms with Crippen LogP contribution in [0.2, 0.25) is 0 Å². The van der Waals surface area contributed by atoms with Crippen molar-refractivity contribution in [2.45, 2.75) is 38.4 Å². The highest BCUT2D eigenvalue weighted by Gasteiger charge is 2.21. The van der Waals surface area contributed by atoms with E-state index in [4.69, 9.17) is 5.11 Å². The van der Waals surface area contributed by atoms with Crippen molar-refractivity contribution in [2.24, 2.45) is 0 Å². The first-order valence-electron chi connectivity index (χ1n) is 5.59. The van der Waals surface area contributed by atoms with E-state index in [1.54, 1.807) is 18.2 Å². The number of aliphatic hydroxyl groups excluding tert-OH is 2. The predicted molar refractivity (Wildman–Crippen MR) is 63.8 cm³/mol. The van der Waals surface area contributed by atoms with Gasteiger partial charge in [-0.1, -0.05) is 38.1 Å². The smallest absolute Gasteiger partial charge is 0.306 e. The third kappa shape index (κ3) is 3.84. The van der Waals surface area contributed by atoms with Gasteiger partial charge in [0.25, 0.3) is 0 Å². The van der Waals surface area contributed by atoms with Crippen LogP contribution in [-0.2, 0) is 4.79 Å². The SMILES string of the molecule is CC(C)c1cccc(C(O)C(O)CC(=O)O)c1. The van der Waals surface area contributed by atoms with E-state index in [1.165, 1.54) is 0 Å². The molecule has 0 radical (unpaired) electrons. The summed E-state index contributed by atoms with van der Waals surface area (Å²) in [5.74, 6) is -0.810. The van der Waals surface area contributed by atoms with Crippen LogP contribution in [-0.4, -0.2) is 27.4 Å². The van der Waals surface area contributed by atoms with Gasteiger partial charge < -0.3 is 15.3 Å². The Morgan fingerprint density at radius 1 is 1.24 bits per heavy atom. The quantitative estimate of drug-likeness (QED) is 0.729. The van der Waals surface area contributed by atoms with Crippen LogP contribution in [0.1, 0.15) is 43.4 Å². The number of carbonyl (C=O) groups is 1. The predicted octanol–water partition coefficient (Wildman–Crippen LogP) is 1.68. The summed E-state index contributed by atoms with van der Waals surface area (Å²) in [4.78, 5) is 10.4. The van der Waals surface area contributed by atoms with E-state index in [1.807, 2.05) is 19.9 Å². The van der Waals surface area contributed by atoms with E-state index in [0.717, 1.165) is 5.56 Å². The molecule has 0 aliphatic heterocycles. The first-order valence-corrected chi connectivity index (χ1v) is 5.59. The molecule has 4 nitrogen and oxygen atoms in total. The molecule has 94 valence electrons. The lowest BCUT2D eigenvalue weighted by Crippen LogP contribution is -2.21. The van der Waals surface area contributed by atoms with Crippen molar-refractivity contribution in [1.82, 2.24) is 0 Å². The first-order chi connectivity index (χ1) is 7.91. The van der Waals surface area contributed by atoms with E-state index in [9.17, 15) is 15.0 Å². The fourth-order valence-corrected chi connectivity index (χ4v) is 1.61. The van der Waals surface area contributed by atoms with E-state index in [2.05, 4.69) is 0 Å². The molecule has 0 saturated carbocycles. The maximum atomic E-state index is 10.4. The van der Waals surface area contributed by atoms with Crippen LogP contribution in [0.3, 0.4) is 0 Å². The molecule has 0 heterocycles. The van der Waals surface area contributed by atoms with E-state index < -0.39 is 24.6 Å². The molecule has 2 atom stereocenters. The number of aliphatic hydroxyl groups is 2. The Morgan fingerprint density at radius 3 is 2.35 bits per heavy atom. The minimum Gasteiger partial charge on any atom is -0.481 e. The molecule has 0 aliphatic rings.